The fourth-order valence-electron chi connectivity index (χ4n) is 1.57. The van der Waals surface area contributed by atoms with Crippen LogP contribution in [0.5, 0.6) is 0 Å². The second-order valence-electron chi connectivity index (χ2n) is 3.49. The molecule has 6 nitrogen and oxygen atoms in total. The Hall–Kier alpha value is -1.69. The van der Waals surface area contributed by atoms with Crippen molar-refractivity contribution in [2.75, 3.05) is 6.61 Å². The third kappa shape index (κ3) is 2.36. The van der Waals surface area contributed by atoms with Crippen LogP contribution in [0.1, 0.15) is 12.7 Å². The minimum absolute atomic E-state index is 0.281. The summed E-state index contributed by atoms with van der Waals surface area (Å²) in [6.45, 7) is 3.99. The molecule has 7 heteroatoms. The van der Waals surface area contributed by atoms with E-state index in [0.29, 0.717) is 22.9 Å². The summed E-state index contributed by atoms with van der Waals surface area (Å²) >= 11 is 5.91. The molecule has 0 aliphatic rings. The Labute approximate surface area is 103 Å². The zero-order valence-electron chi connectivity index (χ0n) is 9.47. The van der Waals surface area contributed by atoms with E-state index >= 15 is 0 Å². The first kappa shape index (κ1) is 11.8. The third-order valence-corrected chi connectivity index (χ3v) is 2.58. The number of aromatic nitrogens is 4. The third-order valence-electron chi connectivity index (χ3n) is 2.30. The van der Waals surface area contributed by atoms with Gasteiger partial charge in [0, 0.05) is 6.92 Å². The number of halogens is 1. The molecule has 2 rings (SSSR count). The number of nitrogens with zero attached hydrogens (tertiary/aromatic N) is 4. The van der Waals surface area contributed by atoms with Crippen molar-refractivity contribution >= 4 is 28.7 Å². The van der Waals surface area contributed by atoms with Gasteiger partial charge in [0.1, 0.15) is 24.3 Å². The zero-order chi connectivity index (χ0) is 12.4. The molecule has 90 valence electrons. The predicted octanol–water partition coefficient (Wildman–Crippen LogP) is 1.35. The van der Waals surface area contributed by atoms with E-state index < -0.39 is 0 Å². The number of esters is 1. The van der Waals surface area contributed by atoms with E-state index in [1.54, 1.807) is 0 Å². The van der Waals surface area contributed by atoms with Gasteiger partial charge in [0.05, 0.1) is 6.54 Å². The number of hydrogen-bond donors (Lipinski definition) is 0. The molecule has 0 saturated heterocycles. The maximum Gasteiger partial charge on any atom is 0.302 e. The number of fused-ring (bicyclic) bond motifs is 1. The van der Waals surface area contributed by atoms with Crippen LogP contribution in [0.4, 0.5) is 0 Å². The van der Waals surface area contributed by atoms with Gasteiger partial charge in [-0.25, -0.2) is 15.0 Å². The molecule has 0 N–H and O–H groups in total. The van der Waals surface area contributed by atoms with Crippen LogP contribution in [-0.2, 0) is 16.1 Å². The smallest absolute Gasteiger partial charge is 0.302 e. The van der Waals surface area contributed by atoms with Gasteiger partial charge in [-0.1, -0.05) is 11.6 Å². The summed E-state index contributed by atoms with van der Waals surface area (Å²) in [5.41, 5.74) is 1.21. The summed E-state index contributed by atoms with van der Waals surface area (Å²) in [6.07, 6.45) is 1.38. The van der Waals surface area contributed by atoms with Crippen molar-refractivity contribution < 1.29 is 9.53 Å². The molecule has 0 aliphatic carbocycles. The van der Waals surface area contributed by atoms with Crippen molar-refractivity contribution in [3.8, 4) is 0 Å². The lowest BCUT2D eigenvalue weighted by Crippen LogP contribution is -2.10. The van der Waals surface area contributed by atoms with Gasteiger partial charge in [-0.3, -0.25) is 4.79 Å². The Morgan fingerprint density at radius 3 is 3.00 bits per heavy atom. The fraction of sp³-hybridized carbons (Fsp3) is 0.400. The lowest BCUT2D eigenvalue weighted by molar-refractivity contribution is -0.141. The van der Waals surface area contributed by atoms with Crippen LogP contribution in [0, 0.1) is 6.92 Å². The van der Waals surface area contributed by atoms with E-state index in [1.165, 1.54) is 13.3 Å². The van der Waals surface area contributed by atoms with Crippen molar-refractivity contribution in [2.24, 2.45) is 0 Å². The maximum absolute atomic E-state index is 10.7. The largest absolute Gasteiger partial charge is 0.464 e. The van der Waals surface area contributed by atoms with Crippen LogP contribution in [0.3, 0.4) is 0 Å². The van der Waals surface area contributed by atoms with Crippen LogP contribution >= 0.6 is 11.6 Å². The molecule has 0 saturated carbocycles. The van der Waals surface area contributed by atoms with E-state index in [4.69, 9.17) is 16.3 Å². The average Bonchev–Trinajstić information content (AvgIpc) is 2.57. The Balaban J connectivity index is 2.30. The Morgan fingerprint density at radius 2 is 2.29 bits per heavy atom. The van der Waals surface area contributed by atoms with Gasteiger partial charge in [0.25, 0.3) is 0 Å². The van der Waals surface area contributed by atoms with Crippen molar-refractivity contribution in [1.82, 2.24) is 19.5 Å². The molecule has 0 spiro atoms. The number of ether oxygens (including phenoxy) is 1. The second kappa shape index (κ2) is 4.67. The van der Waals surface area contributed by atoms with Gasteiger partial charge >= 0.3 is 5.97 Å². The molecular formula is C10H11ClN4O2. The predicted molar refractivity (Wildman–Crippen MR) is 61.7 cm³/mol. The summed E-state index contributed by atoms with van der Waals surface area (Å²) in [4.78, 5) is 22.9. The number of carbonyl (C=O) groups excluding carboxylic acids is 1. The van der Waals surface area contributed by atoms with Gasteiger partial charge in [-0.05, 0) is 6.92 Å². The molecule has 0 unspecified atom stereocenters. The molecular weight excluding hydrogens is 244 g/mol. The molecule has 0 atom stereocenters. The number of rotatable bonds is 3. The van der Waals surface area contributed by atoms with Crippen molar-refractivity contribution in [3.05, 3.63) is 17.3 Å². The summed E-state index contributed by atoms with van der Waals surface area (Å²) in [5.74, 6) is 0.453. The monoisotopic (exact) mass is 254 g/mol. The topological polar surface area (TPSA) is 69.9 Å². The zero-order valence-corrected chi connectivity index (χ0v) is 10.2. The molecule has 17 heavy (non-hydrogen) atoms. The lowest BCUT2D eigenvalue weighted by atomic mass is 10.5. The Kier molecular flexibility index (Phi) is 3.23. The number of imidazole rings is 1. The molecule has 0 bridgehead atoms. The van der Waals surface area contributed by atoms with Crippen LogP contribution in [0.25, 0.3) is 11.2 Å². The summed E-state index contributed by atoms with van der Waals surface area (Å²) < 4.78 is 6.72. The van der Waals surface area contributed by atoms with Gasteiger partial charge in [-0.2, -0.15) is 0 Å². The average molecular weight is 255 g/mol. The summed E-state index contributed by atoms with van der Waals surface area (Å²) in [7, 11) is 0. The van der Waals surface area contributed by atoms with E-state index in [9.17, 15) is 4.79 Å². The molecule has 0 aliphatic heterocycles. The number of aryl methyl sites for hydroxylation is 1. The number of hydrogen-bond acceptors (Lipinski definition) is 5. The summed E-state index contributed by atoms with van der Waals surface area (Å²) in [6, 6.07) is 0. The fourth-order valence-corrected chi connectivity index (χ4v) is 1.74. The first-order chi connectivity index (χ1) is 8.09. The highest BCUT2D eigenvalue weighted by Gasteiger charge is 2.12. The van der Waals surface area contributed by atoms with Gasteiger partial charge in [-0.15, -0.1) is 0 Å². The highest BCUT2D eigenvalue weighted by Crippen LogP contribution is 2.19. The minimum Gasteiger partial charge on any atom is -0.464 e. The minimum atomic E-state index is -0.306. The van der Waals surface area contributed by atoms with Crippen LogP contribution < -0.4 is 0 Å². The van der Waals surface area contributed by atoms with E-state index in [1.807, 2.05) is 11.5 Å². The molecule has 0 fully saturated rings. The quantitative estimate of drug-likeness (QED) is 0.611. The molecule has 2 heterocycles. The second-order valence-corrected chi connectivity index (χ2v) is 3.85. The lowest BCUT2D eigenvalue weighted by Gasteiger charge is -2.05. The highest BCUT2D eigenvalue weighted by molar-refractivity contribution is 6.33. The Bertz CT molecular complexity index is 567. The van der Waals surface area contributed by atoms with Crippen LogP contribution in [0.15, 0.2) is 6.33 Å². The van der Waals surface area contributed by atoms with E-state index in [0.717, 1.165) is 5.82 Å². The van der Waals surface area contributed by atoms with Gasteiger partial charge < -0.3 is 9.30 Å². The molecule has 0 radical (unpaired) electrons. The molecule has 2 aromatic rings. The Morgan fingerprint density at radius 1 is 1.53 bits per heavy atom. The number of carbonyl (C=O) groups is 1. The van der Waals surface area contributed by atoms with E-state index in [-0.39, 0.29) is 12.6 Å². The van der Waals surface area contributed by atoms with Crippen LogP contribution in [-0.4, -0.2) is 32.1 Å². The maximum atomic E-state index is 10.7. The molecule has 0 aromatic carbocycles. The summed E-state index contributed by atoms with van der Waals surface area (Å²) in [5, 5.41) is 0.323. The van der Waals surface area contributed by atoms with Gasteiger partial charge in [0.15, 0.2) is 10.8 Å². The standard InChI is InChI=1S/C10H11ClN4O2/c1-6-14-8-9(11)12-5-13-10(8)15(6)3-4-17-7(2)16/h5H,3-4H2,1-2H3. The molecule has 2 aromatic heterocycles. The normalized spacial score (nSPS) is 10.8. The van der Waals surface area contributed by atoms with Crippen molar-refractivity contribution in [1.29, 1.82) is 0 Å². The van der Waals surface area contributed by atoms with Crippen LogP contribution in [0.2, 0.25) is 5.15 Å². The van der Waals surface area contributed by atoms with E-state index in [2.05, 4.69) is 15.0 Å². The van der Waals surface area contributed by atoms with Crippen molar-refractivity contribution in [2.45, 2.75) is 20.4 Å². The van der Waals surface area contributed by atoms with Gasteiger partial charge in [0.2, 0.25) is 0 Å². The molecule has 0 amide bonds. The highest BCUT2D eigenvalue weighted by atomic mass is 35.5. The first-order valence-electron chi connectivity index (χ1n) is 5.06. The van der Waals surface area contributed by atoms with Crippen molar-refractivity contribution in [3.63, 3.8) is 0 Å². The first-order valence-corrected chi connectivity index (χ1v) is 5.44. The SMILES string of the molecule is CC(=O)OCCn1c(C)nc2c(Cl)ncnc21.